The molecule has 0 aliphatic rings. The molecular weight excluding hydrogens is 378 g/mol. The van der Waals surface area contributed by atoms with Crippen LogP contribution in [-0.2, 0) is 0 Å². The first-order valence-electron chi connectivity index (χ1n) is 9.69. The standard InChI is InChI=1S/C25H21NO4/c1-16-22(28)19-13-8-14-20(24(19)30-23(16)18-11-6-3-7-12-18)25(29)26-15-21(27)17-9-4-2-5-10-17/h2-14,21,27H,15H2,1H3,(H,26,29)/t21-/m1/s1. The number of aliphatic hydroxyl groups excluding tert-OH is 1. The van der Waals surface area contributed by atoms with E-state index in [1.165, 1.54) is 0 Å². The van der Waals surface area contributed by atoms with E-state index < -0.39 is 12.0 Å². The molecule has 150 valence electrons. The zero-order valence-electron chi connectivity index (χ0n) is 16.5. The fourth-order valence-corrected chi connectivity index (χ4v) is 3.43. The van der Waals surface area contributed by atoms with Gasteiger partial charge in [0, 0.05) is 17.7 Å². The second kappa shape index (κ2) is 8.35. The highest BCUT2D eigenvalue weighted by Gasteiger charge is 2.19. The van der Waals surface area contributed by atoms with E-state index in [9.17, 15) is 14.7 Å². The molecule has 2 N–H and O–H groups in total. The van der Waals surface area contributed by atoms with E-state index >= 15 is 0 Å². The Labute approximate surface area is 173 Å². The zero-order chi connectivity index (χ0) is 21.1. The van der Waals surface area contributed by atoms with Gasteiger partial charge >= 0.3 is 0 Å². The van der Waals surface area contributed by atoms with E-state index in [0.29, 0.717) is 22.3 Å². The van der Waals surface area contributed by atoms with E-state index in [-0.39, 0.29) is 23.1 Å². The van der Waals surface area contributed by atoms with Crippen LogP contribution in [0.3, 0.4) is 0 Å². The lowest BCUT2D eigenvalue weighted by atomic mass is 10.0. The Bertz CT molecular complexity index is 1250. The minimum atomic E-state index is -0.834. The highest BCUT2D eigenvalue weighted by atomic mass is 16.3. The molecule has 3 aromatic carbocycles. The van der Waals surface area contributed by atoms with Crippen molar-refractivity contribution in [2.45, 2.75) is 13.0 Å². The number of para-hydroxylation sites is 1. The van der Waals surface area contributed by atoms with Crippen molar-refractivity contribution in [2.24, 2.45) is 0 Å². The third-order valence-electron chi connectivity index (χ3n) is 5.07. The minimum Gasteiger partial charge on any atom is -0.455 e. The minimum absolute atomic E-state index is 0.0425. The van der Waals surface area contributed by atoms with E-state index in [1.54, 1.807) is 37.3 Å². The summed E-state index contributed by atoms with van der Waals surface area (Å²) in [5, 5.41) is 13.4. The van der Waals surface area contributed by atoms with Crippen LogP contribution in [0.1, 0.15) is 27.6 Å². The number of carbonyl (C=O) groups is 1. The zero-order valence-corrected chi connectivity index (χ0v) is 16.5. The molecule has 1 heterocycles. The van der Waals surface area contributed by atoms with Gasteiger partial charge in [0.1, 0.15) is 5.76 Å². The summed E-state index contributed by atoms with van der Waals surface area (Å²) in [5.41, 5.74) is 2.29. The number of hydrogen-bond donors (Lipinski definition) is 2. The smallest absolute Gasteiger partial charge is 0.255 e. The van der Waals surface area contributed by atoms with Crippen LogP contribution in [-0.4, -0.2) is 17.6 Å². The highest BCUT2D eigenvalue weighted by molar-refractivity contribution is 6.05. The predicted molar refractivity (Wildman–Crippen MR) is 116 cm³/mol. The quantitative estimate of drug-likeness (QED) is 0.526. The van der Waals surface area contributed by atoms with Crippen molar-refractivity contribution in [3.8, 4) is 11.3 Å². The van der Waals surface area contributed by atoms with Crippen molar-refractivity contribution in [3.63, 3.8) is 0 Å². The van der Waals surface area contributed by atoms with Gasteiger partial charge in [-0.05, 0) is 24.6 Å². The topological polar surface area (TPSA) is 79.5 Å². The summed E-state index contributed by atoms with van der Waals surface area (Å²) in [6, 6.07) is 23.3. The molecule has 0 spiro atoms. The molecule has 0 bridgehead atoms. The van der Waals surface area contributed by atoms with E-state index in [4.69, 9.17) is 4.42 Å². The number of benzene rings is 3. The van der Waals surface area contributed by atoms with Crippen molar-refractivity contribution in [3.05, 3.63) is 106 Å². The lowest BCUT2D eigenvalue weighted by Gasteiger charge is -2.13. The van der Waals surface area contributed by atoms with Gasteiger partial charge < -0.3 is 14.8 Å². The van der Waals surface area contributed by atoms with Crippen LogP contribution in [0.4, 0.5) is 0 Å². The third kappa shape index (κ3) is 3.75. The van der Waals surface area contributed by atoms with Gasteiger partial charge in [-0.1, -0.05) is 66.7 Å². The molecule has 1 aromatic heterocycles. The maximum atomic E-state index is 12.9. The molecule has 5 heteroatoms. The van der Waals surface area contributed by atoms with Gasteiger partial charge in [-0.2, -0.15) is 0 Å². The fourth-order valence-electron chi connectivity index (χ4n) is 3.43. The Hall–Kier alpha value is -3.70. The van der Waals surface area contributed by atoms with E-state index in [1.807, 2.05) is 48.5 Å². The highest BCUT2D eigenvalue weighted by Crippen LogP contribution is 2.27. The molecule has 30 heavy (non-hydrogen) atoms. The summed E-state index contributed by atoms with van der Waals surface area (Å²) in [7, 11) is 0. The van der Waals surface area contributed by atoms with Crippen LogP contribution in [0.5, 0.6) is 0 Å². The van der Waals surface area contributed by atoms with Gasteiger partial charge in [0.2, 0.25) is 0 Å². The largest absolute Gasteiger partial charge is 0.455 e. The SMILES string of the molecule is Cc1c(-c2ccccc2)oc2c(C(=O)NC[C@@H](O)c3ccccc3)cccc2c1=O. The maximum absolute atomic E-state index is 12.9. The normalized spacial score (nSPS) is 11.9. The third-order valence-corrected chi connectivity index (χ3v) is 5.07. The first-order valence-corrected chi connectivity index (χ1v) is 9.69. The van der Waals surface area contributed by atoms with Crippen LogP contribution < -0.4 is 10.7 Å². The first-order chi connectivity index (χ1) is 14.6. The molecule has 4 rings (SSSR count). The van der Waals surface area contributed by atoms with Crippen LogP contribution in [0.25, 0.3) is 22.3 Å². The lowest BCUT2D eigenvalue weighted by molar-refractivity contribution is 0.0917. The summed E-state index contributed by atoms with van der Waals surface area (Å²) in [5.74, 6) is 0.0271. The molecule has 0 aliphatic carbocycles. The molecule has 0 saturated carbocycles. The van der Waals surface area contributed by atoms with Crippen LogP contribution in [0.2, 0.25) is 0 Å². The Kier molecular flexibility index (Phi) is 5.46. The monoisotopic (exact) mass is 399 g/mol. The summed E-state index contributed by atoms with van der Waals surface area (Å²) < 4.78 is 6.08. The van der Waals surface area contributed by atoms with Gasteiger partial charge in [0.25, 0.3) is 5.91 Å². The average molecular weight is 399 g/mol. The molecule has 0 radical (unpaired) electrons. The van der Waals surface area contributed by atoms with Gasteiger partial charge in [0.05, 0.1) is 17.1 Å². The Morgan fingerprint density at radius 2 is 1.63 bits per heavy atom. The van der Waals surface area contributed by atoms with Gasteiger partial charge in [0.15, 0.2) is 11.0 Å². The van der Waals surface area contributed by atoms with Crippen molar-refractivity contribution in [2.75, 3.05) is 6.54 Å². The number of nitrogens with one attached hydrogen (secondary N) is 1. The molecule has 5 nitrogen and oxygen atoms in total. The second-order valence-electron chi connectivity index (χ2n) is 7.07. The van der Waals surface area contributed by atoms with Crippen molar-refractivity contribution < 1.29 is 14.3 Å². The van der Waals surface area contributed by atoms with Gasteiger partial charge in [-0.15, -0.1) is 0 Å². The number of aliphatic hydroxyl groups is 1. The fraction of sp³-hybridized carbons (Fsp3) is 0.120. The number of rotatable bonds is 5. The van der Waals surface area contributed by atoms with Crippen molar-refractivity contribution >= 4 is 16.9 Å². The Balaban J connectivity index is 1.70. The molecule has 0 unspecified atom stereocenters. The summed E-state index contributed by atoms with van der Waals surface area (Å²) >= 11 is 0. The summed E-state index contributed by atoms with van der Waals surface area (Å²) in [6.45, 7) is 1.76. The number of hydrogen-bond acceptors (Lipinski definition) is 4. The van der Waals surface area contributed by atoms with Crippen LogP contribution in [0, 0.1) is 6.92 Å². The number of amides is 1. The van der Waals surface area contributed by atoms with Crippen molar-refractivity contribution in [1.29, 1.82) is 0 Å². The Morgan fingerprint density at radius 3 is 2.33 bits per heavy atom. The van der Waals surface area contributed by atoms with Gasteiger partial charge in [-0.25, -0.2) is 0 Å². The maximum Gasteiger partial charge on any atom is 0.255 e. The van der Waals surface area contributed by atoms with E-state index in [2.05, 4.69) is 5.32 Å². The summed E-state index contributed by atoms with van der Waals surface area (Å²) in [4.78, 5) is 25.8. The van der Waals surface area contributed by atoms with Crippen LogP contribution in [0.15, 0.2) is 88.1 Å². The predicted octanol–water partition coefficient (Wildman–Crippen LogP) is 4.23. The molecule has 0 aliphatic heterocycles. The van der Waals surface area contributed by atoms with Crippen molar-refractivity contribution in [1.82, 2.24) is 5.32 Å². The second-order valence-corrected chi connectivity index (χ2v) is 7.07. The lowest BCUT2D eigenvalue weighted by Crippen LogP contribution is -2.28. The van der Waals surface area contributed by atoms with Gasteiger partial charge in [-0.3, -0.25) is 9.59 Å². The molecule has 4 aromatic rings. The number of fused-ring (bicyclic) bond motifs is 1. The Morgan fingerprint density at radius 1 is 0.967 bits per heavy atom. The average Bonchev–Trinajstić information content (AvgIpc) is 2.80. The molecule has 0 fully saturated rings. The summed E-state index contributed by atoms with van der Waals surface area (Å²) in [6.07, 6.45) is -0.834. The number of carbonyl (C=O) groups excluding carboxylic acids is 1. The van der Waals surface area contributed by atoms with Crippen LogP contribution >= 0.6 is 0 Å². The van der Waals surface area contributed by atoms with E-state index in [0.717, 1.165) is 5.56 Å². The molecule has 0 saturated heterocycles. The first kappa shape index (κ1) is 19.6. The molecule has 1 atom stereocenters. The molecular formula is C25H21NO4. The molecule has 1 amide bonds.